The van der Waals surface area contributed by atoms with E-state index in [-0.39, 0.29) is 12.0 Å². The lowest BCUT2D eigenvalue weighted by Gasteiger charge is -2.10. The second kappa shape index (κ2) is 7.65. The third-order valence-corrected chi connectivity index (χ3v) is 2.66. The molecule has 0 aliphatic carbocycles. The van der Waals surface area contributed by atoms with Crippen LogP contribution < -0.4 is 11.1 Å². The lowest BCUT2D eigenvalue weighted by atomic mass is 10.2. The minimum atomic E-state index is 0.141. The van der Waals surface area contributed by atoms with E-state index < -0.39 is 0 Å². The molecule has 0 aromatic heterocycles. The molecular formula is C11H22N2O2. The third-order valence-electron chi connectivity index (χ3n) is 2.66. The number of hydrogen-bond donors (Lipinski definition) is 2. The molecule has 0 radical (unpaired) electrons. The van der Waals surface area contributed by atoms with Crippen LogP contribution in [0.4, 0.5) is 0 Å². The highest BCUT2D eigenvalue weighted by molar-refractivity contribution is 5.75. The van der Waals surface area contributed by atoms with Crippen molar-refractivity contribution in [3.63, 3.8) is 0 Å². The third kappa shape index (κ3) is 5.74. The lowest BCUT2D eigenvalue weighted by molar-refractivity contribution is -0.121. The summed E-state index contributed by atoms with van der Waals surface area (Å²) in [5.41, 5.74) is 5.37. The molecule has 4 nitrogen and oxygen atoms in total. The molecule has 3 N–H and O–H groups in total. The Kier molecular flexibility index (Phi) is 6.36. The molecule has 88 valence electrons. The van der Waals surface area contributed by atoms with Gasteiger partial charge in [0.15, 0.2) is 0 Å². The Morgan fingerprint density at radius 1 is 1.40 bits per heavy atom. The number of carbonyl (C=O) groups is 1. The van der Waals surface area contributed by atoms with Gasteiger partial charge in [0.2, 0.25) is 5.91 Å². The van der Waals surface area contributed by atoms with Crippen LogP contribution in [0.3, 0.4) is 0 Å². The zero-order valence-corrected chi connectivity index (χ0v) is 9.34. The Morgan fingerprint density at radius 3 is 2.93 bits per heavy atom. The van der Waals surface area contributed by atoms with Crippen molar-refractivity contribution in [2.75, 3.05) is 19.7 Å². The summed E-state index contributed by atoms with van der Waals surface area (Å²) in [6, 6.07) is 0. The predicted octanol–water partition coefficient (Wildman–Crippen LogP) is 0.801. The van der Waals surface area contributed by atoms with Crippen molar-refractivity contribution in [1.29, 1.82) is 0 Å². The summed E-state index contributed by atoms with van der Waals surface area (Å²) < 4.78 is 5.42. The Bertz CT molecular complexity index is 179. The quantitative estimate of drug-likeness (QED) is 0.616. The van der Waals surface area contributed by atoms with Crippen molar-refractivity contribution in [2.45, 2.75) is 44.6 Å². The number of amides is 1. The maximum absolute atomic E-state index is 11.4. The van der Waals surface area contributed by atoms with Crippen LogP contribution in [0.15, 0.2) is 0 Å². The van der Waals surface area contributed by atoms with E-state index in [1.54, 1.807) is 0 Å². The van der Waals surface area contributed by atoms with Crippen molar-refractivity contribution in [3.8, 4) is 0 Å². The van der Waals surface area contributed by atoms with E-state index in [0.29, 0.717) is 13.0 Å². The van der Waals surface area contributed by atoms with Gasteiger partial charge in [-0.1, -0.05) is 6.42 Å². The fourth-order valence-corrected chi connectivity index (χ4v) is 1.73. The fourth-order valence-electron chi connectivity index (χ4n) is 1.73. The van der Waals surface area contributed by atoms with Crippen LogP contribution in [0, 0.1) is 0 Å². The fraction of sp³-hybridized carbons (Fsp3) is 0.909. The molecule has 15 heavy (non-hydrogen) atoms. The van der Waals surface area contributed by atoms with Crippen LogP contribution in [0.25, 0.3) is 0 Å². The number of hydrogen-bond acceptors (Lipinski definition) is 3. The highest BCUT2D eigenvalue weighted by atomic mass is 16.5. The van der Waals surface area contributed by atoms with Gasteiger partial charge in [0.25, 0.3) is 0 Å². The van der Waals surface area contributed by atoms with E-state index in [1.807, 2.05) is 0 Å². The summed E-state index contributed by atoms with van der Waals surface area (Å²) in [5, 5.41) is 2.91. The summed E-state index contributed by atoms with van der Waals surface area (Å²) >= 11 is 0. The number of nitrogens with two attached hydrogens (primary N) is 1. The van der Waals surface area contributed by atoms with Gasteiger partial charge in [-0.3, -0.25) is 4.79 Å². The largest absolute Gasteiger partial charge is 0.376 e. The van der Waals surface area contributed by atoms with Gasteiger partial charge < -0.3 is 15.8 Å². The summed E-state index contributed by atoms with van der Waals surface area (Å²) in [6.07, 6.45) is 6.06. The van der Waals surface area contributed by atoms with Gasteiger partial charge >= 0.3 is 0 Å². The van der Waals surface area contributed by atoms with E-state index in [1.165, 1.54) is 0 Å². The van der Waals surface area contributed by atoms with Crippen LogP contribution in [-0.2, 0) is 9.53 Å². The molecule has 0 aromatic carbocycles. The molecule has 1 aliphatic rings. The summed E-state index contributed by atoms with van der Waals surface area (Å²) in [7, 11) is 0. The van der Waals surface area contributed by atoms with Gasteiger partial charge in [-0.2, -0.15) is 0 Å². The number of rotatable bonds is 7. The monoisotopic (exact) mass is 214 g/mol. The number of ether oxygens (including phenoxy) is 1. The summed E-state index contributed by atoms with van der Waals surface area (Å²) in [4.78, 5) is 11.4. The van der Waals surface area contributed by atoms with Crippen molar-refractivity contribution < 1.29 is 9.53 Å². The molecule has 0 aromatic rings. The minimum Gasteiger partial charge on any atom is -0.376 e. The van der Waals surface area contributed by atoms with Gasteiger partial charge in [0.05, 0.1) is 6.10 Å². The summed E-state index contributed by atoms with van der Waals surface area (Å²) in [5.74, 6) is 0.141. The first-order valence-corrected chi connectivity index (χ1v) is 5.91. The van der Waals surface area contributed by atoms with E-state index >= 15 is 0 Å². The van der Waals surface area contributed by atoms with Crippen LogP contribution in [0.1, 0.15) is 38.5 Å². The second-order valence-corrected chi connectivity index (χ2v) is 4.04. The van der Waals surface area contributed by atoms with E-state index in [0.717, 1.165) is 45.3 Å². The average Bonchev–Trinajstić information content (AvgIpc) is 2.74. The molecule has 1 aliphatic heterocycles. The molecule has 1 amide bonds. The number of nitrogens with one attached hydrogen (secondary N) is 1. The second-order valence-electron chi connectivity index (χ2n) is 4.04. The lowest BCUT2D eigenvalue weighted by Crippen LogP contribution is -2.31. The summed E-state index contributed by atoms with van der Waals surface area (Å²) in [6.45, 7) is 2.24. The molecule has 1 heterocycles. The Balaban J connectivity index is 1.93. The molecular weight excluding hydrogens is 192 g/mol. The Labute approximate surface area is 91.5 Å². The first-order chi connectivity index (χ1) is 7.33. The maximum atomic E-state index is 11.4. The van der Waals surface area contributed by atoms with Crippen LogP contribution >= 0.6 is 0 Å². The minimum absolute atomic E-state index is 0.141. The van der Waals surface area contributed by atoms with Crippen LogP contribution in [0.2, 0.25) is 0 Å². The first kappa shape index (κ1) is 12.5. The molecule has 1 fully saturated rings. The standard InChI is InChI=1S/C11H22N2O2/c12-7-3-1-2-6-11(14)13-9-10-5-4-8-15-10/h10H,1-9,12H2,(H,13,14). The smallest absolute Gasteiger partial charge is 0.220 e. The molecule has 0 saturated carbocycles. The van der Waals surface area contributed by atoms with Crippen molar-refractivity contribution in [2.24, 2.45) is 5.73 Å². The molecule has 4 heteroatoms. The molecule has 0 spiro atoms. The molecule has 1 unspecified atom stereocenters. The maximum Gasteiger partial charge on any atom is 0.220 e. The normalized spacial score (nSPS) is 20.5. The van der Waals surface area contributed by atoms with E-state index in [2.05, 4.69) is 5.32 Å². The average molecular weight is 214 g/mol. The van der Waals surface area contributed by atoms with E-state index in [4.69, 9.17) is 10.5 Å². The van der Waals surface area contributed by atoms with Gasteiger partial charge in [-0.25, -0.2) is 0 Å². The van der Waals surface area contributed by atoms with Crippen LogP contribution in [0.5, 0.6) is 0 Å². The topological polar surface area (TPSA) is 64.4 Å². The zero-order chi connectivity index (χ0) is 10.9. The van der Waals surface area contributed by atoms with Gasteiger partial charge in [0.1, 0.15) is 0 Å². The SMILES string of the molecule is NCCCCCC(=O)NCC1CCCO1. The van der Waals surface area contributed by atoms with E-state index in [9.17, 15) is 4.79 Å². The highest BCUT2D eigenvalue weighted by Crippen LogP contribution is 2.10. The predicted molar refractivity (Wildman–Crippen MR) is 59.5 cm³/mol. The van der Waals surface area contributed by atoms with Crippen LogP contribution in [-0.4, -0.2) is 31.7 Å². The Morgan fingerprint density at radius 2 is 2.27 bits per heavy atom. The Hall–Kier alpha value is -0.610. The van der Waals surface area contributed by atoms with Gasteiger partial charge in [-0.15, -0.1) is 0 Å². The number of carbonyl (C=O) groups excluding carboxylic acids is 1. The first-order valence-electron chi connectivity index (χ1n) is 5.91. The molecule has 1 atom stereocenters. The van der Waals surface area contributed by atoms with Gasteiger partial charge in [0, 0.05) is 19.6 Å². The van der Waals surface area contributed by atoms with Crippen molar-refractivity contribution in [1.82, 2.24) is 5.32 Å². The molecule has 0 bridgehead atoms. The molecule has 1 rings (SSSR count). The van der Waals surface area contributed by atoms with Crippen molar-refractivity contribution in [3.05, 3.63) is 0 Å². The molecule has 1 saturated heterocycles. The number of unbranched alkanes of at least 4 members (excludes halogenated alkanes) is 2. The van der Waals surface area contributed by atoms with Crippen molar-refractivity contribution >= 4 is 5.91 Å². The highest BCUT2D eigenvalue weighted by Gasteiger charge is 2.15. The van der Waals surface area contributed by atoms with Gasteiger partial charge in [-0.05, 0) is 32.2 Å². The zero-order valence-electron chi connectivity index (χ0n) is 9.34.